The van der Waals surface area contributed by atoms with Gasteiger partial charge < -0.3 is 19.7 Å². The number of anilines is 1. The van der Waals surface area contributed by atoms with Gasteiger partial charge in [0.1, 0.15) is 0 Å². The molecule has 1 aromatic rings. The first-order chi connectivity index (χ1) is 12.0. The highest BCUT2D eigenvalue weighted by Crippen LogP contribution is 2.18. The molecule has 0 amide bonds. The zero-order valence-corrected chi connectivity index (χ0v) is 15.6. The lowest BCUT2D eigenvalue weighted by atomic mass is 10.1. The third-order valence-corrected chi connectivity index (χ3v) is 3.58. The second-order valence-corrected chi connectivity index (χ2v) is 5.28. The van der Waals surface area contributed by atoms with Crippen LogP contribution in [0.15, 0.2) is 23.2 Å². The van der Waals surface area contributed by atoms with Gasteiger partial charge in [0.2, 0.25) is 0 Å². The van der Waals surface area contributed by atoms with Gasteiger partial charge in [-0.15, -0.1) is 0 Å². The minimum absolute atomic E-state index is 0.266. The molecule has 25 heavy (non-hydrogen) atoms. The second kappa shape index (κ2) is 10.3. The monoisotopic (exact) mass is 349 g/mol. The number of carbonyl (C=O) groups is 2. The van der Waals surface area contributed by atoms with E-state index >= 15 is 0 Å². The number of aliphatic imine (C=N–C) groups is 1. The van der Waals surface area contributed by atoms with Gasteiger partial charge in [0, 0.05) is 25.3 Å². The third kappa shape index (κ3) is 5.77. The summed E-state index contributed by atoms with van der Waals surface area (Å²) >= 11 is 0. The van der Waals surface area contributed by atoms with E-state index in [0.717, 1.165) is 19.5 Å². The van der Waals surface area contributed by atoms with E-state index in [1.807, 2.05) is 13.8 Å². The molecular weight excluding hydrogens is 322 g/mol. The summed E-state index contributed by atoms with van der Waals surface area (Å²) in [5, 5.41) is 3.21. The van der Waals surface area contributed by atoms with E-state index in [-0.39, 0.29) is 11.1 Å². The van der Waals surface area contributed by atoms with E-state index in [1.54, 1.807) is 12.1 Å². The summed E-state index contributed by atoms with van der Waals surface area (Å²) in [4.78, 5) is 30.4. The predicted octanol–water partition coefficient (Wildman–Crippen LogP) is 2.78. The molecule has 138 valence electrons. The van der Waals surface area contributed by atoms with Gasteiger partial charge in [0.25, 0.3) is 0 Å². The van der Waals surface area contributed by atoms with Crippen molar-refractivity contribution in [2.45, 2.75) is 27.2 Å². The molecule has 1 aromatic carbocycles. The minimum Gasteiger partial charge on any atom is -0.465 e. The standard InChI is InChI=1S/C18H27N3O4/c1-6-9-19-18(21(7-2)8-3)20-15-11-13(16(22)24-4)10-14(12-15)17(23)25-5/h10-12H,6-9H2,1-5H3,(H,19,20). The van der Waals surface area contributed by atoms with Crippen LogP contribution in [0.5, 0.6) is 0 Å². The Morgan fingerprint density at radius 3 is 1.92 bits per heavy atom. The maximum Gasteiger partial charge on any atom is 0.337 e. The fraction of sp³-hybridized carbons (Fsp3) is 0.500. The molecule has 0 heterocycles. The van der Waals surface area contributed by atoms with Crippen molar-refractivity contribution in [1.82, 2.24) is 4.90 Å². The molecule has 0 bridgehead atoms. The van der Waals surface area contributed by atoms with Gasteiger partial charge in [-0.25, -0.2) is 9.59 Å². The Kier molecular flexibility index (Phi) is 8.46. The molecule has 0 fully saturated rings. The molecule has 7 heteroatoms. The second-order valence-electron chi connectivity index (χ2n) is 5.28. The average molecular weight is 349 g/mol. The van der Waals surface area contributed by atoms with Crippen LogP contribution in [0.1, 0.15) is 47.9 Å². The quantitative estimate of drug-likeness (QED) is 0.463. The van der Waals surface area contributed by atoms with Crippen molar-refractivity contribution < 1.29 is 19.1 Å². The number of ether oxygens (including phenoxy) is 2. The van der Waals surface area contributed by atoms with Crippen LogP contribution in [-0.4, -0.2) is 56.7 Å². The molecule has 0 saturated heterocycles. The van der Waals surface area contributed by atoms with Crippen molar-refractivity contribution in [3.8, 4) is 0 Å². The maximum atomic E-state index is 11.9. The first-order valence-electron chi connectivity index (χ1n) is 8.38. The van der Waals surface area contributed by atoms with Crippen LogP contribution in [0, 0.1) is 0 Å². The summed E-state index contributed by atoms with van der Waals surface area (Å²) in [5.41, 5.74) is 1.11. The van der Waals surface area contributed by atoms with Crippen molar-refractivity contribution in [3.05, 3.63) is 29.3 Å². The van der Waals surface area contributed by atoms with Crippen molar-refractivity contribution in [2.24, 2.45) is 4.99 Å². The Hall–Kier alpha value is -2.57. The van der Waals surface area contributed by atoms with Crippen LogP contribution >= 0.6 is 0 Å². The Balaban J connectivity index is 3.27. The fourth-order valence-corrected chi connectivity index (χ4v) is 2.26. The lowest BCUT2D eigenvalue weighted by Crippen LogP contribution is -2.36. The lowest BCUT2D eigenvalue weighted by molar-refractivity contribution is 0.0599. The van der Waals surface area contributed by atoms with Crippen molar-refractivity contribution in [3.63, 3.8) is 0 Å². The maximum absolute atomic E-state index is 11.9. The molecule has 0 atom stereocenters. The molecule has 7 nitrogen and oxygen atoms in total. The van der Waals surface area contributed by atoms with E-state index in [0.29, 0.717) is 18.2 Å². The summed E-state index contributed by atoms with van der Waals surface area (Å²) in [6, 6.07) is 4.70. The van der Waals surface area contributed by atoms with Crippen LogP contribution in [0.4, 0.5) is 5.69 Å². The van der Waals surface area contributed by atoms with E-state index in [1.165, 1.54) is 20.3 Å². The number of guanidine groups is 1. The summed E-state index contributed by atoms with van der Waals surface area (Å²) in [6.45, 7) is 8.38. The lowest BCUT2D eigenvalue weighted by Gasteiger charge is -2.24. The summed E-state index contributed by atoms with van der Waals surface area (Å²) < 4.78 is 9.52. The van der Waals surface area contributed by atoms with E-state index in [9.17, 15) is 9.59 Å². The van der Waals surface area contributed by atoms with Gasteiger partial charge in [-0.05, 0) is 38.5 Å². The Labute approximate surface area is 149 Å². The first-order valence-corrected chi connectivity index (χ1v) is 8.38. The largest absolute Gasteiger partial charge is 0.465 e. The molecule has 0 spiro atoms. The third-order valence-electron chi connectivity index (χ3n) is 3.58. The summed E-state index contributed by atoms with van der Waals surface area (Å²) in [5.74, 6) is -0.350. The summed E-state index contributed by atoms with van der Waals surface area (Å²) in [6.07, 6.45) is 0.919. The van der Waals surface area contributed by atoms with E-state index in [4.69, 9.17) is 9.47 Å². The number of benzene rings is 1. The van der Waals surface area contributed by atoms with Gasteiger partial charge in [-0.1, -0.05) is 6.92 Å². The molecule has 1 N–H and O–H groups in total. The Morgan fingerprint density at radius 2 is 1.52 bits per heavy atom. The van der Waals surface area contributed by atoms with Gasteiger partial charge in [0.05, 0.1) is 25.3 Å². The zero-order valence-electron chi connectivity index (χ0n) is 15.6. The van der Waals surface area contributed by atoms with Crippen LogP contribution in [0.2, 0.25) is 0 Å². The molecule has 1 rings (SSSR count). The highest BCUT2D eigenvalue weighted by atomic mass is 16.5. The highest BCUT2D eigenvalue weighted by Gasteiger charge is 2.15. The number of esters is 2. The van der Waals surface area contributed by atoms with Crippen molar-refractivity contribution in [1.29, 1.82) is 0 Å². The van der Waals surface area contributed by atoms with Gasteiger partial charge >= 0.3 is 11.9 Å². The van der Waals surface area contributed by atoms with Crippen LogP contribution in [0.3, 0.4) is 0 Å². The predicted molar refractivity (Wildman–Crippen MR) is 98.3 cm³/mol. The molecular formula is C18H27N3O4. The van der Waals surface area contributed by atoms with Crippen LogP contribution in [-0.2, 0) is 9.47 Å². The number of nitrogens with one attached hydrogen (secondary N) is 1. The topological polar surface area (TPSA) is 80.2 Å². The van der Waals surface area contributed by atoms with E-state index in [2.05, 4.69) is 22.1 Å². The molecule has 0 saturated carbocycles. The SMILES string of the molecule is CCCN=C(Nc1cc(C(=O)OC)cc(C(=O)OC)c1)N(CC)CC. The molecule has 0 aliphatic heterocycles. The average Bonchev–Trinajstić information content (AvgIpc) is 2.65. The fourth-order valence-electron chi connectivity index (χ4n) is 2.26. The molecule has 0 aliphatic carbocycles. The number of carbonyl (C=O) groups excluding carboxylic acids is 2. The normalized spacial score (nSPS) is 11.0. The van der Waals surface area contributed by atoms with Crippen molar-refractivity contribution >= 4 is 23.6 Å². The minimum atomic E-state index is -0.524. The van der Waals surface area contributed by atoms with Gasteiger partial charge in [0.15, 0.2) is 5.96 Å². The van der Waals surface area contributed by atoms with Gasteiger partial charge in [-0.2, -0.15) is 0 Å². The molecule has 0 aromatic heterocycles. The van der Waals surface area contributed by atoms with Crippen LogP contribution < -0.4 is 5.32 Å². The smallest absolute Gasteiger partial charge is 0.337 e. The molecule has 0 radical (unpaired) electrons. The molecule has 0 aliphatic rings. The zero-order chi connectivity index (χ0) is 18.8. The number of hydrogen-bond acceptors (Lipinski definition) is 5. The number of nitrogens with zero attached hydrogens (tertiary/aromatic N) is 2. The highest BCUT2D eigenvalue weighted by molar-refractivity contribution is 6.00. The number of rotatable bonds is 7. The van der Waals surface area contributed by atoms with Crippen molar-refractivity contribution in [2.75, 3.05) is 39.2 Å². The Bertz CT molecular complexity index is 590. The Morgan fingerprint density at radius 1 is 1.00 bits per heavy atom. The first kappa shape index (κ1) is 20.5. The number of hydrogen-bond donors (Lipinski definition) is 1. The van der Waals surface area contributed by atoms with E-state index < -0.39 is 11.9 Å². The van der Waals surface area contributed by atoms with Gasteiger partial charge in [-0.3, -0.25) is 4.99 Å². The van der Waals surface area contributed by atoms with Crippen LogP contribution in [0.25, 0.3) is 0 Å². The molecule has 0 unspecified atom stereocenters. The number of methoxy groups -OCH3 is 2. The summed E-state index contributed by atoms with van der Waals surface area (Å²) in [7, 11) is 2.59.